The number of nitrogens with zero attached hydrogens (tertiary/aromatic N) is 1. The highest BCUT2D eigenvalue weighted by molar-refractivity contribution is 7.98. The largest absolute Gasteiger partial charge is 0.380 e. The van der Waals surface area contributed by atoms with Gasteiger partial charge in [0.2, 0.25) is 0 Å². The molecular weight excluding hydrogens is 296 g/mol. The zero-order valence-corrected chi connectivity index (χ0v) is 12.4. The van der Waals surface area contributed by atoms with Crippen molar-refractivity contribution < 1.29 is 4.92 Å². The summed E-state index contributed by atoms with van der Waals surface area (Å²) in [7, 11) is 0. The van der Waals surface area contributed by atoms with Crippen molar-refractivity contribution in [2.24, 2.45) is 0 Å². The van der Waals surface area contributed by atoms with E-state index in [0.717, 1.165) is 10.6 Å². The van der Waals surface area contributed by atoms with E-state index >= 15 is 0 Å². The lowest BCUT2D eigenvalue weighted by Gasteiger charge is -2.10. The predicted octanol–water partition coefficient (Wildman–Crippen LogP) is 4.58. The number of nitro groups is 1. The van der Waals surface area contributed by atoms with E-state index in [-0.39, 0.29) is 5.69 Å². The number of hydrogen-bond acceptors (Lipinski definition) is 4. The molecule has 6 heteroatoms. The first-order valence-electron chi connectivity index (χ1n) is 5.91. The summed E-state index contributed by atoms with van der Waals surface area (Å²) in [4.78, 5) is 11.7. The van der Waals surface area contributed by atoms with Gasteiger partial charge in [0.25, 0.3) is 5.69 Å². The third kappa shape index (κ3) is 3.43. The van der Waals surface area contributed by atoms with E-state index in [1.54, 1.807) is 17.8 Å². The van der Waals surface area contributed by atoms with Crippen molar-refractivity contribution in [3.63, 3.8) is 0 Å². The van der Waals surface area contributed by atoms with Gasteiger partial charge in [0, 0.05) is 28.2 Å². The molecule has 0 radical (unpaired) electrons. The standard InChI is InChI=1S/C14H13ClN2O2S/c1-20-14-5-3-2-4-12(14)16-9-10-8-11(15)6-7-13(10)17(18)19/h2-8,16H,9H2,1H3. The Hall–Kier alpha value is -1.72. The van der Waals surface area contributed by atoms with E-state index in [1.807, 2.05) is 30.5 Å². The molecule has 0 saturated heterocycles. The SMILES string of the molecule is CSc1ccccc1NCc1cc(Cl)ccc1[N+](=O)[O-]. The van der Waals surface area contributed by atoms with Crippen molar-refractivity contribution in [1.29, 1.82) is 0 Å². The van der Waals surface area contributed by atoms with Crippen LogP contribution in [-0.4, -0.2) is 11.2 Å². The third-order valence-electron chi connectivity index (χ3n) is 2.81. The third-order valence-corrected chi connectivity index (χ3v) is 3.85. The first kappa shape index (κ1) is 14.7. The highest BCUT2D eigenvalue weighted by Gasteiger charge is 2.13. The van der Waals surface area contributed by atoms with Gasteiger partial charge < -0.3 is 5.32 Å². The van der Waals surface area contributed by atoms with Gasteiger partial charge in [-0.25, -0.2) is 0 Å². The monoisotopic (exact) mass is 308 g/mol. The van der Waals surface area contributed by atoms with Gasteiger partial charge in [0.15, 0.2) is 0 Å². The summed E-state index contributed by atoms with van der Waals surface area (Å²) in [5.74, 6) is 0. The summed E-state index contributed by atoms with van der Waals surface area (Å²) in [5, 5.41) is 14.7. The topological polar surface area (TPSA) is 55.2 Å². The van der Waals surface area contributed by atoms with Gasteiger partial charge in [-0.2, -0.15) is 0 Å². The molecule has 0 aliphatic rings. The van der Waals surface area contributed by atoms with Crippen molar-refractivity contribution in [3.8, 4) is 0 Å². The van der Waals surface area contributed by atoms with Crippen LogP contribution in [0.5, 0.6) is 0 Å². The normalized spacial score (nSPS) is 10.3. The molecule has 0 aliphatic carbocycles. The lowest BCUT2D eigenvalue weighted by Crippen LogP contribution is -2.03. The number of para-hydroxylation sites is 1. The fraction of sp³-hybridized carbons (Fsp3) is 0.143. The molecule has 4 nitrogen and oxygen atoms in total. The maximum absolute atomic E-state index is 11.0. The number of hydrogen-bond donors (Lipinski definition) is 1. The van der Waals surface area contributed by atoms with Crippen LogP contribution in [0.3, 0.4) is 0 Å². The maximum atomic E-state index is 11.0. The van der Waals surface area contributed by atoms with E-state index in [1.165, 1.54) is 12.1 Å². The zero-order chi connectivity index (χ0) is 14.5. The van der Waals surface area contributed by atoms with Crippen LogP contribution in [0.4, 0.5) is 11.4 Å². The second kappa shape index (κ2) is 6.63. The van der Waals surface area contributed by atoms with Gasteiger partial charge in [-0.3, -0.25) is 10.1 Å². The molecule has 2 aromatic rings. The van der Waals surface area contributed by atoms with Gasteiger partial charge in [-0.05, 0) is 30.5 Å². The molecule has 0 aromatic heterocycles. The van der Waals surface area contributed by atoms with E-state index in [9.17, 15) is 10.1 Å². The second-order valence-electron chi connectivity index (χ2n) is 4.08. The summed E-state index contributed by atoms with van der Waals surface area (Å²) in [6.45, 7) is 0.356. The summed E-state index contributed by atoms with van der Waals surface area (Å²) in [5.41, 5.74) is 1.59. The number of rotatable bonds is 5. The number of nitro benzene ring substituents is 1. The molecule has 0 spiro atoms. The van der Waals surface area contributed by atoms with Crippen LogP contribution < -0.4 is 5.32 Å². The van der Waals surface area contributed by atoms with Crippen LogP contribution >= 0.6 is 23.4 Å². The van der Waals surface area contributed by atoms with E-state index in [2.05, 4.69) is 5.32 Å². The van der Waals surface area contributed by atoms with Crippen LogP contribution in [0.25, 0.3) is 0 Å². The van der Waals surface area contributed by atoms with E-state index < -0.39 is 4.92 Å². The fourth-order valence-electron chi connectivity index (χ4n) is 1.85. The Morgan fingerprint density at radius 1 is 1.30 bits per heavy atom. The molecule has 2 rings (SSSR count). The summed E-state index contributed by atoms with van der Waals surface area (Å²) in [6.07, 6.45) is 1.99. The van der Waals surface area contributed by atoms with Gasteiger partial charge in [0.05, 0.1) is 10.5 Å². The van der Waals surface area contributed by atoms with Crippen molar-refractivity contribution in [2.45, 2.75) is 11.4 Å². The molecule has 20 heavy (non-hydrogen) atoms. The Kier molecular flexibility index (Phi) is 4.87. The Morgan fingerprint density at radius 3 is 2.75 bits per heavy atom. The molecule has 0 heterocycles. The maximum Gasteiger partial charge on any atom is 0.274 e. The average Bonchev–Trinajstić information content (AvgIpc) is 2.45. The summed E-state index contributed by atoms with van der Waals surface area (Å²) < 4.78 is 0. The first-order valence-corrected chi connectivity index (χ1v) is 7.52. The molecule has 0 bridgehead atoms. The lowest BCUT2D eigenvalue weighted by molar-refractivity contribution is -0.385. The molecule has 2 aromatic carbocycles. The van der Waals surface area contributed by atoms with Crippen molar-refractivity contribution in [3.05, 3.63) is 63.2 Å². The van der Waals surface area contributed by atoms with Gasteiger partial charge in [0.1, 0.15) is 0 Å². The molecule has 0 saturated carbocycles. The van der Waals surface area contributed by atoms with Crippen LogP contribution in [0.1, 0.15) is 5.56 Å². The Balaban J connectivity index is 2.22. The minimum absolute atomic E-state index is 0.0727. The van der Waals surface area contributed by atoms with Crippen LogP contribution in [0.15, 0.2) is 47.4 Å². The molecular formula is C14H13ClN2O2S. The lowest BCUT2D eigenvalue weighted by atomic mass is 10.1. The first-order chi connectivity index (χ1) is 9.61. The molecule has 0 aliphatic heterocycles. The average molecular weight is 309 g/mol. The van der Waals surface area contributed by atoms with E-state index in [0.29, 0.717) is 17.1 Å². The molecule has 0 unspecified atom stereocenters. The van der Waals surface area contributed by atoms with Crippen LogP contribution in [-0.2, 0) is 6.54 Å². The van der Waals surface area contributed by atoms with Gasteiger partial charge >= 0.3 is 0 Å². The van der Waals surface area contributed by atoms with Crippen LogP contribution in [0, 0.1) is 10.1 Å². The zero-order valence-electron chi connectivity index (χ0n) is 10.8. The molecule has 0 fully saturated rings. The highest BCUT2D eigenvalue weighted by atomic mass is 35.5. The number of anilines is 1. The number of thioether (sulfide) groups is 1. The van der Waals surface area contributed by atoms with Crippen molar-refractivity contribution in [1.82, 2.24) is 0 Å². The summed E-state index contributed by atoms with van der Waals surface area (Å²) >= 11 is 7.53. The number of halogens is 1. The molecule has 1 N–H and O–H groups in total. The molecule has 0 atom stereocenters. The Morgan fingerprint density at radius 2 is 2.05 bits per heavy atom. The quantitative estimate of drug-likeness (QED) is 0.499. The predicted molar refractivity (Wildman–Crippen MR) is 83.7 cm³/mol. The number of nitrogens with one attached hydrogen (secondary N) is 1. The minimum atomic E-state index is -0.395. The molecule has 0 amide bonds. The second-order valence-corrected chi connectivity index (χ2v) is 5.37. The summed E-state index contributed by atoms with van der Waals surface area (Å²) in [6, 6.07) is 12.4. The molecule has 104 valence electrons. The van der Waals surface area contributed by atoms with Crippen LogP contribution in [0.2, 0.25) is 5.02 Å². The Labute approximate surface area is 126 Å². The van der Waals surface area contributed by atoms with E-state index in [4.69, 9.17) is 11.6 Å². The Bertz CT molecular complexity index is 634. The number of benzene rings is 2. The van der Waals surface area contributed by atoms with Crippen molar-refractivity contribution >= 4 is 34.7 Å². The smallest absolute Gasteiger partial charge is 0.274 e. The van der Waals surface area contributed by atoms with Crippen molar-refractivity contribution in [2.75, 3.05) is 11.6 Å². The van der Waals surface area contributed by atoms with Gasteiger partial charge in [-0.1, -0.05) is 23.7 Å². The fourth-order valence-corrected chi connectivity index (χ4v) is 2.62. The highest BCUT2D eigenvalue weighted by Crippen LogP contribution is 2.27. The van der Waals surface area contributed by atoms with Gasteiger partial charge in [-0.15, -0.1) is 11.8 Å². The minimum Gasteiger partial charge on any atom is -0.380 e.